The Balaban J connectivity index is 1.86. The topological polar surface area (TPSA) is 69.6 Å². The molecule has 2 aromatic rings. The van der Waals surface area contributed by atoms with Gasteiger partial charge in [0.1, 0.15) is 10.9 Å². The second kappa shape index (κ2) is 5.93. The first kappa shape index (κ1) is 13.6. The fourth-order valence-corrected chi connectivity index (χ4v) is 3.35. The Morgan fingerprint density at radius 2 is 2.20 bits per heavy atom. The molecule has 2 N–H and O–H groups in total. The minimum atomic E-state index is 0.527. The number of rotatable bonds is 3. The molecule has 3 heterocycles. The highest BCUT2D eigenvalue weighted by atomic mass is 32.2. The molecule has 5 nitrogen and oxygen atoms in total. The van der Waals surface area contributed by atoms with Gasteiger partial charge in [-0.2, -0.15) is 0 Å². The van der Waals surface area contributed by atoms with Gasteiger partial charge in [-0.3, -0.25) is 0 Å². The van der Waals surface area contributed by atoms with Crippen LogP contribution in [0.3, 0.4) is 0 Å². The van der Waals surface area contributed by atoms with Crippen LogP contribution >= 0.6 is 11.8 Å². The molecule has 20 heavy (non-hydrogen) atoms. The third kappa shape index (κ3) is 2.71. The predicted molar refractivity (Wildman–Crippen MR) is 78.6 cm³/mol. The van der Waals surface area contributed by atoms with Crippen LogP contribution in [0.5, 0.6) is 0 Å². The second-order valence-corrected chi connectivity index (χ2v) is 6.09. The Morgan fingerprint density at radius 3 is 3.00 bits per heavy atom. The van der Waals surface area contributed by atoms with E-state index >= 15 is 0 Å². The largest absolute Gasteiger partial charge is 0.326 e. The first-order chi connectivity index (χ1) is 9.78. The average Bonchev–Trinajstić information content (AvgIpc) is 2.69. The number of aromatic nitrogens is 4. The summed E-state index contributed by atoms with van der Waals surface area (Å²) in [5, 5.41) is 10.6. The summed E-state index contributed by atoms with van der Waals surface area (Å²) < 4.78 is 2.25. The number of aryl methyl sites for hydroxylation is 2. The molecule has 1 aliphatic heterocycles. The van der Waals surface area contributed by atoms with E-state index in [9.17, 15) is 0 Å². The second-order valence-electron chi connectivity index (χ2n) is 5.13. The Labute approximate surface area is 123 Å². The minimum Gasteiger partial charge on any atom is -0.326 e. The normalized spacial score (nSPS) is 14.9. The van der Waals surface area contributed by atoms with Crippen LogP contribution in [0.15, 0.2) is 22.4 Å². The average molecular weight is 289 g/mol. The third-order valence-corrected chi connectivity index (χ3v) is 4.69. The molecular formula is C14H19N5S. The van der Waals surface area contributed by atoms with Crippen molar-refractivity contribution in [3.05, 3.63) is 29.2 Å². The van der Waals surface area contributed by atoms with Crippen molar-refractivity contribution in [2.45, 2.75) is 55.9 Å². The molecule has 0 aliphatic carbocycles. The van der Waals surface area contributed by atoms with E-state index in [2.05, 4.69) is 32.7 Å². The molecule has 2 aromatic heterocycles. The Morgan fingerprint density at radius 1 is 1.30 bits per heavy atom. The van der Waals surface area contributed by atoms with Gasteiger partial charge in [-0.15, -0.1) is 10.2 Å². The van der Waals surface area contributed by atoms with Crippen LogP contribution in [0.25, 0.3) is 0 Å². The van der Waals surface area contributed by atoms with Crippen LogP contribution in [0.2, 0.25) is 0 Å². The number of fused-ring (bicyclic) bond motifs is 1. The molecule has 3 rings (SSSR count). The Bertz CT molecular complexity index is 608. The van der Waals surface area contributed by atoms with Crippen LogP contribution in [0.4, 0.5) is 0 Å². The van der Waals surface area contributed by atoms with Gasteiger partial charge >= 0.3 is 0 Å². The van der Waals surface area contributed by atoms with E-state index in [1.54, 1.807) is 11.8 Å². The van der Waals surface area contributed by atoms with E-state index in [-0.39, 0.29) is 0 Å². The van der Waals surface area contributed by atoms with Crippen molar-refractivity contribution in [2.75, 3.05) is 0 Å². The van der Waals surface area contributed by atoms with Crippen molar-refractivity contribution in [1.29, 1.82) is 0 Å². The van der Waals surface area contributed by atoms with Crippen LogP contribution in [0, 0.1) is 6.92 Å². The number of nitrogens with zero attached hydrogens (tertiary/aromatic N) is 4. The van der Waals surface area contributed by atoms with E-state index in [1.807, 2.05) is 6.20 Å². The summed E-state index contributed by atoms with van der Waals surface area (Å²) in [5.74, 6) is 1.11. The number of nitrogens with two attached hydrogens (primary N) is 1. The van der Waals surface area contributed by atoms with Crippen molar-refractivity contribution in [2.24, 2.45) is 5.73 Å². The van der Waals surface area contributed by atoms with Crippen LogP contribution in [0.1, 0.15) is 36.2 Å². The first-order valence-corrected chi connectivity index (χ1v) is 7.85. The standard InChI is InChI=1S/C14H19N5S/c1-10-7-11(8-15)9-16-13(10)20-14-18-17-12-5-3-2-4-6-19(12)14/h7,9H,2-6,8,15H2,1H3. The Hall–Kier alpha value is -1.40. The lowest BCUT2D eigenvalue weighted by Crippen LogP contribution is -2.03. The maximum atomic E-state index is 5.64. The maximum absolute atomic E-state index is 5.64. The summed E-state index contributed by atoms with van der Waals surface area (Å²) >= 11 is 1.60. The molecule has 0 unspecified atom stereocenters. The quantitative estimate of drug-likeness (QED) is 0.939. The molecule has 0 atom stereocenters. The minimum absolute atomic E-state index is 0.527. The molecule has 106 valence electrons. The van der Waals surface area contributed by atoms with Gasteiger partial charge < -0.3 is 10.3 Å². The molecule has 0 bridgehead atoms. The van der Waals surface area contributed by atoms with Crippen molar-refractivity contribution < 1.29 is 0 Å². The lowest BCUT2D eigenvalue weighted by Gasteiger charge is -2.08. The van der Waals surface area contributed by atoms with E-state index in [4.69, 9.17) is 5.73 Å². The van der Waals surface area contributed by atoms with Crippen molar-refractivity contribution >= 4 is 11.8 Å². The van der Waals surface area contributed by atoms with Gasteiger partial charge in [0.2, 0.25) is 0 Å². The van der Waals surface area contributed by atoms with Crippen LogP contribution < -0.4 is 5.73 Å². The fourth-order valence-electron chi connectivity index (χ4n) is 2.46. The van der Waals surface area contributed by atoms with Crippen LogP contribution in [-0.2, 0) is 19.5 Å². The first-order valence-electron chi connectivity index (χ1n) is 7.03. The summed E-state index contributed by atoms with van der Waals surface area (Å²) in [6.45, 7) is 3.61. The maximum Gasteiger partial charge on any atom is 0.197 e. The highest BCUT2D eigenvalue weighted by molar-refractivity contribution is 7.99. The lowest BCUT2D eigenvalue weighted by atomic mass is 10.2. The molecule has 0 saturated carbocycles. The number of hydrogen-bond acceptors (Lipinski definition) is 5. The van der Waals surface area contributed by atoms with Crippen molar-refractivity contribution in [3.63, 3.8) is 0 Å². The molecule has 0 aromatic carbocycles. The molecule has 0 fully saturated rings. The van der Waals surface area contributed by atoms with E-state index < -0.39 is 0 Å². The molecule has 0 radical (unpaired) electrons. The van der Waals surface area contributed by atoms with Crippen molar-refractivity contribution in [1.82, 2.24) is 19.7 Å². The highest BCUT2D eigenvalue weighted by Gasteiger charge is 2.16. The monoisotopic (exact) mass is 289 g/mol. The fraction of sp³-hybridized carbons (Fsp3) is 0.500. The number of pyridine rings is 1. The molecule has 0 saturated heterocycles. The van der Waals surface area contributed by atoms with Gasteiger partial charge in [-0.05, 0) is 42.7 Å². The lowest BCUT2D eigenvalue weighted by molar-refractivity contribution is 0.590. The molecule has 0 spiro atoms. The summed E-state index contributed by atoms with van der Waals surface area (Å²) in [6, 6.07) is 2.09. The zero-order valence-corrected chi connectivity index (χ0v) is 12.5. The van der Waals surface area contributed by atoms with E-state index in [0.717, 1.165) is 40.1 Å². The van der Waals surface area contributed by atoms with E-state index in [0.29, 0.717) is 6.54 Å². The van der Waals surface area contributed by atoms with Gasteiger partial charge in [0, 0.05) is 25.7 Å². The predicted octanol–water partition coefficient (Wildman–Crippen LogP) is 2.32. The van der Waals surface area contributed by atoms with Gasteiger partial charge in [0.25, 0.3) is 0 Å². The summed E-state index contributed by atoms with van der Waals surface area (Å²) in [6.07, 6.45) is 6.57. The highest BCUT2D eigenvalue weighted by Crippen LogP contribution is 2.29. The number of hydrogen-bond donors (Lipinski definition) is 1. The molecule has 1 aliphatic rings. The zero-order valence-electron chi connectivity index (χ0n) is 11.7. The van der Waals surface area contributed by atoms with E-state index in [1.165, 1.54) is 19.3 Å². The molecule has 6 heteroatoms. The summed E-state index contributed by atoms with van der Waals surface area (Å²) in [7, 11) is 0. The van der Waals surface area contributed by atoms with Gasteiger partial charge in [0.05, 0.1) is 0 Å². The van der Waals surface area contributed by atoms with Crippen molar-refractivity contribution in [3.8, 4) is 0 Å². The van der Waals surface area contributed by atoms with Crippen LogP contribution in [-0.4, -0.2) is 19.7 Å². The smallest absolute Gasteiger partial charge is 0.197 e. The summed E-state index contributed by atoms with van der Waals surface area (Å²) in [4.78, 5) is 4.50. The van der Waals surface area contributed by atoms with Gasteiger partial charge in [0.15, 0.2) is 5.16 Å². The third-order valence-electron chi connectivity index (χ3n) is 3.59. The Kier molecular flexibility index (Phi) is 4.03. The molecular weight excluding hydrogens is 270 g/mol. The van der Waals surface area contributed by atoms with Gasteiger partial charge in [-0.1, -0.05) is 12.5 Å². The molecule has 0 amide bonds. The zero-order chi connectivity index (χ0) is 13.9. The SMILES string of the molecule is Cc1cc(CN)cnc1Sc1nnc2n1CCCCC2. The van der Waals surface area contributed by atoms with Gasteiger partial charge in [-0.25, -0.2) is 4.98 Å². The summed E-state index contributed by atoms with van der Waals surface area (Å²) in [5.41, 5.74) is 7.84.